The minimum Gasteiger partial charge on any atom is -0.497 e. The Labute approximate surface area is 220 Å². The zero-order valence-electron chi connectivity index (χ0n) is 21.2. The lowest BCUT2D eigenvalue weighted by atomic mass is 10.1. The van der Waals surface area contributed by atoms with E-state index >= 15 is 0 Å². The molecule has 2 aliphatic rings. The number of non-ortho nitro benzene ring substituents is 1. The smallest absolute Gasteiger partial charge is 0.410 e. The van der Waals surface area contributed by atoms with E-state index in [-0.39, 0.29) is 23.5 Å². The number of carbonyl (C=O) groups excluding carboxylic acids is 2. The highest BCUT2D eigenvalue weighted by Crippen LogP contribution is 2.33. The fraction of sp³-hybridized carbons (Fsp3) is 0.462. The van der Waals surface area contributed by atoms with Gasteiger partial charge in [-0.1, -0.05) is 12.1 Å². The summed E-state index contributed by atoms with van der Waals surface area (Å²) in [6.45, 7) is 1.70. The second-order valence-corrected chi connectivity index (χ2v) is 10.8. The molecule has 2 aromatic rings. The molecule has 2 atom stereocenters. The molecule has 2 amide bonds. The number of likely N-dealkylation sites (tertiary alicyclic amines) is 2. The first-order chi connectivity index (χ1) is 17.7. The van der Waals surface area contributed by atoms with Crippen LogP contribution in [-0.4, -0.2) is 89.8 Å². The third-order valence-electron chi connectivity index (χ3n) is 6.84. The van der Waals surface area contributed by atoms with Gasteiger partial charge in [0.2, 0.25) is 5.91 Å². The summed E-state index contributed by atoms with van der Waals surface area (Å²) >= 11 is 1.72. The highest BCUT2D eigenvalue weighted by Gasteiger charge is 2.45. The van der Waals surface area contributed by atoms with Crippen LogP contribution in [0.3, 0.4) is 0 Å². The van der Waals surface area contributed by atoms with Crippen LogP contribution in [0.25, 0.3) is 0 Å². The van der Waals surface area contributed by atoms with Crippen molar-refractivity contribution >= 4 is 29.4 Å². The molecule has 2 unspecified atom stereocenters. The number of hydrogen-bond acceptors (Lipinski definition) is 8. The van der Waals surface area contributed by atoms with Crippen molar-refractivity contribution in [2.75, 3.05) is 40.8 Å². The second kappa shape index (κ2) is 11.8. The van der Waals surface area contributed by atoms with Gasteiger partial charge in [-0.05, 0) is 55.9 Å². The predicted octanol–water partition coefficient (Wildman–Crippen LogP) is 3.39. The number of carbonyl (C=O) groups is 2. The number of nitro benzene ring substituents is 1. The molecule has 0 radical (unpaired) electrons. The highest BCUT2D eigenvalue weighted by molar-refractivity contribution is 7.99. The number of nitro groups is 1. The summed E-state index contributed by atoms with van der Waals surface area (Å²) in [5.74, 6) is 1.51. The Kier molecular flexibility index (Phi) is 8.55. The Bertz CT molecular complexity index is 1110. The number of amides is 2. The molecule has 0 spiro atoms. The molecule has 198 valence electrons. The lowest BCUT2D eigenvalue weighted by Crippen LogP contribution is -2.62. The number of thioether (sulfide) groups is 1. The van der Waals surface area contributed by atoms with Crippen LogP contribution >= 0.6 is 11.8 Å². The standard InChI is InChI=1S/C26H32N4O6S/c1-27(2)21-13-28(14-21)25(31)24-12-23(37-17-19-6-10-22(35-3)11-7-19)15-29(24)26(32)36-16-18-4-8-20(9-5-18)30(33)34/h4-11,21,23-24H,12-17H2,1-3H3. The lowest BCUT2D eigenvalue weighted by molar-refractivity contribution is -0.384. The second-order valence-electron chi connectivity index (χ2n) is 9.52. The largest absolute Gasteiger partial charge is 0.497 e. The van der Waals surface area contributed by atoms with E-state index < -0.39 is 17.1 Å². The van der Waals surface area contributed by atoms with E-state index in [1.54, 1.807) is 35.9 Å². The van der Waals surface area contributed by atoms with Crippen LogP contribution in [0, 0.1) is 10.1 Å². The molecule has 2 aliphatic heterocycles. The molecular weight excluding hydrogens is 496 g/mol. The maximum atomic E-state index is 13.3. The van der Waals surface area contributed by atoms with Crippen LogP contribution < -0.4 is 4.74 Å². The van der Waals surface area contributed by atoms with Gasteiger partial charge >= 0.3 is 6.09 Å². The first-order valence-electron chi connectivity index (χ1n) is 12.1. The Hall–Kier alpha value is -3.31. The molecule has 2 heterocycles. The van der Waals surface area contributed by atoms with E-state index in [0.717, 1.165) is 17.1 Å². The van der Waals surface area contributed by atoms with E-state index in [1.165, 1.54) is 12.1 Å². The fourth-order valence-corrected chi connectivity index (χ4v) is 5.61. The summed E-state index contributed by atoms with van der Waals surface area (Å²) in [5.41, 5.74) is 1.76. The summed E-state index contributed by atoms with van der Waals surface area (Å²) in [5, 5.41) is 11.0. The number of benzene rings is 2. The summed E-state index contributed by atoms with van der Waals surface area (Å²) in [4.78, 5) is 42.3. The zero-order chi connectivity index (χ0) is 26.5. The van der Waals surface area contributed by atoms with Gasteiger partial charge in [-0.2, -0.15) is 11.8 Å². The minimum absolute atomic E-state index is 0.0235. The lowest BCUT2D eigenvalue weighted by Gasteiger charge is -2.44. The molecule has 0 aromatic heterocycles. The summed E-state index contributed by atoms with van der Waals surface area (Å²) in [6.07, 6.45) is 0.0176. The molecule has 37 heavy (non-hydrogen) atoms. The monoisotopic (exact) mass is 528 g/mol. The van der Waals surface area contributed by atoms with Gasteiger partial charge in [-0.3, -0.25) is 19.8 Å². The summed E-state index contributed by atoms with van der Waals surface area (Å²) in [7, 11) is 5.62. The molecule has 10 nitrogen and oxygen atoms in total. The van der Waals surface area contributed by atoms with E-state index in [9.17, 15) is 19.7 Å². The third-order valence-corrected chi connectivity index (χ3v) is 8.15. The maximum absolute atomic E-state index is 13.3. The quantitative estimate of drug-likeness (QED) is 0.360. The number of methoxy groups -OCH3 is 1. The van der Waals surface area contributed by atoms with Crippen LogP contribution in [0.4, 0.5) is 10.5 Å². The molecule has 2 saturated heterocycles. The molecular formula is C26H32N4O6S. The predicted molar refractivity (Wildman–Crippen MR) is 141 cm³/mol. The number of nitrogens with zero attached hydrogens (tertiary/aromatic N) is 4. The van der Waals surface area contributed by atoms with Crippen molar-refractivity contribution in [2.24, 2.45) is 0 Å². The summed E-state index contributed by atoms with van der Waals surface area (Å²) < 4.78 is 10.8. The van der Waals surface area contributed by atoms with E-state index in [2.05, 4.69) is 4.90 Å². The van der Waals surface area contributed by atoms with Crippen LogP contribution in [0.1, 0.15) is 17.5 Å². The maximum Gasteiger partial charge on any atom is 0.410 e. The van der Waals surface area contributed by atoms with Gasteiger partial charge in [0, 0.05) is 48.8 Å². The van der Waals surface area contributed by atoms with Gasteiger partial charge in [0.25, 0.3) is 5.69 Å². The molecule has 0 N–H and O–H groups in total. The average Bonchev–Trinajstić information content (AvgIpc) is 3.30. The number of ether oxygens (including phenoxy) is 2. The van der Waals surface area contributed by atoms with Crippen LogP contribution in [0.15, 0.2) is 48.5 Å². The minimum atomic E-state index is -0.569. The Morgan fingerprint density at radius 2 is 1.70 bits per heavy atom. The van der Waals surface area contributed by atoms with Crippen molar-refractivity contribution in [3.8, 4) is 5.75 Å². The van der Waals surface area contributed by atoms with Crippen molar-refractivity contribution in [1.29, 1.82) is 0 Å². The average molecular weight is 529 g/mol. The molecule has 4 rings (SSSR count). The van der Waals surface area contributed by atoms with Crippen molar-refractivity contribution in [3.63, 3.8) is 0 Å². The van der Waals surface area contributed by atoms with Crippen molar-refractivity contribution in [2.45, 2.75) is 36.1 Å². The normalized spacial score (nSPS) is 19.6. The van der Waals surface area contributed by atoms with Gasteiger partial charge in [0.1, 0.15) is 18.4 Å². The van der Waals surface area contributed by atoms with Gasteiger partial charge < -0.3 is 19.3 Å². The molecule has 0 saturated carbocycles. The number of hydrogen-bond donors (Lipinski definition) is 0. The van der Waals surface area contributed by atoms with E-state index in [0.29, 0.717) is 37.7 Å². The van der Waals surface area contributed by atoms with Crippen molar-refractivity contribution < 1.29 is 24.0 Å². The Morgan fingerprint density at radius 3 is 2.30 bits per heavy atom. The van der Waals surface area contributed by atoms with Crippen LogP contribution in [-0.2, 0) is 21.9 Å². The molecule has 11 heteroatoms. The molecule has 2 fully saturated rings. The summed E-state index contributed by atoms with van der Waals surface area (Å²) in [6, 6.07) is 13.5. The van der Waals surface area contributed by atoms with E-state index in [1.807, 2.05) is 43.3 Å². The van der Waals surface area contributed by atoms with Crippen molar-refractivity contribution in [3.05, 3.63) is 69.8 Å². The Morgan fingerprint density at radius 1 is 1.05 bits per heavy atom. The van der Waals surface area contributed by atoms with Gasteiger partial charge in [0.15, 0.2) is 0 Å². The Balaban J connectivity index is 1.39. The fourth-order valence-electron chi connectivity index (χ4n) is 4.40. The van der Waals surface area contributed by atoms with Crippen molar-refractivity contribution in [1.82, 2.24) is 14.7 Å². The topological polar surface area (TPSA) is 105 Å². The zero-order valence-corrected chi connectivity index (χ0v) is 22.1. The van der Waals surface area contributed by atoms with Gasteiger partial charge in [0.05, 0.1) is 12.0 Å². The first kappa shape index (κ1) is 26.7. The van der Waals surface area contributed by atoms with Crippen LogP contribution in [0.5, 0.6) is 5.75 Å². The molecule has 0 aliphatic carbocycles. The van der Waals surface area contributed by atoms with Gasteiger partial charge in [-0.15, -0.1) is 0 Å². The van der Waals surface area contributed by atoms with Crippen LogP contribution in [0.2, 0.25) is 0 Å². The molecule has 0 bridgehead atoms. The number of likely N-dealkylation sites (N-methyl/N-ethyl adjacent to an activating group) is 1. The molecule has 2 aromatic carbocycles. The number of rotatable bonds is 9. The van der Waals surface area contributed by atoms with E-state index in [4.69, 9.17) is 9.47 Å². The van der Waals surface area contributed by atoms with Gasteiger partial charge in [-0.25, -0.2) is 4.79 Å². The third kappa shape index (κ3) is 6.53. The SMILES string of the molecule is COc1ccc(CSC2CC(C(=O)N3CC(N(C)C)C3)N(C(=O)OCc3ccc([N+](=O)[O-])cc3)C2)cc1. The highest BCUT2D eigenvalue weighted by atomic mass is 32.2. The first-order valence-corrected chi connectivity index (χ1v) is 13.2.